The van der Waals surface area contributed by atoms with Crippen LogP contribution in [0, 0.1) is 0 Å². The molecule has 3 heterocycles. The predicted octanol–water partition coefficient (Wildman–Crippen LogP) is 4.64. The van der Waals surface area contributed by atoms with Gasteiger partial charge in [-0.25, -0.2) is 9.67 Å². The summed E-state index contributed by atoms with van der Waals surface area (Å²) in [5.41, 5.74) is 2.25. The summed E-state index contributed by atoms with van der Waals surface area (Å²) in [7, 11) is 0. The number of tetrazole rings is 1. The molecule has 5 rings (SSSR count). The summed E-state index contributed by atoms with van der Waals surface area (Å²) < 4.78 is 1.78. The van der Waals surface area contributed by atoms with E-state index < -0.39 is 0 Å². The Morgan fingerprint density at radius 3 is 2.82 bits per heavy atom. The summed E-state index contributed by atoms with van der Waals surface area (Å²) in [5, 5.41) is 15.6. The van der Waals surface area contributed by atoms with E-state index in [-0.39, 0.29) is 11.7 Å². The summed E-state index contributed by atoms with van der Waals surface area (Å²) in [5.74, 6) is 0.277. The molecule has 0 unspecified atom stereocenters. The van der Waals surface area contributed by atoms with Gasteiger partial charge in [0, 0.05) is 16.2 Å². The lowest BCUT2D eigenvalue weighted by Gasteiger charge is -2.20. The summed E-state index contributed by atoms with van der Waals surface area (Å²) in [6.07, 6.45) is 5.31. The van der Waals surface area contributed by atoms with E-state index in [0.29, 0.717) is 18.2 Å². The van der Waals surface area contributed by atoms with Gasteiger partial charge in [-0.1, -0.05) is 48.2 Å². The number of carbonyl (C=O) groups is 1. The molecule has 1 amide bonds. The first-order chi connectivity index (χ1) is 16.3. The van der Waals surface area contributed by atoms with Crippen molar-refractivity contribution in [3.05, 3.63) is 68.9 Å². The van der Waals surface area contributed by atoms with E-state index in [4.69, 9.17) is 4.98 Å². The number of hydrogen-bond donors (Lipinski definition) is 0. The number of fused-ring (bicyclic) bond motifs is 1. The van der Waals surface area contributed by atoms with Crippen molar-refractivity contribution >= 4 is 45.5 Å². The third-order valence-corrected chi connectivity index (χ3v) is 8.58. The second kappa shape index (κ2) is 10.6. The molecule has 0 atom stereocenters. The number of aromatic nitrogens is 5. The fraction of sp³-hybridized carbons (Fsp3) is 0.348. The first-order valence-electron chi connectivity index (χ1n) is 11.0. The SMILES string of the molecule is O=C(CSc1nnnn1CCc1cccs1)N(Cc1ccccc1)c1nc2c(s1)CCCC2. The maximum Gasteiger partial charge on any atom is 0.239 e. The number of benzene rings is 1. The van der Waals surface area contributed by atoms with Gasteiger partial charge in [0.1, 0.15) is 0 Å². The minimum absolute atomic E-state index is 0.0164. The normalized spacial score (nSPS) is 13.1. The number of rotatable bonds is 9. The number of thiophene rings is 1. The Balaban J connectivity index is 1.29. The van der Waals surface area contributed by atoms with Crippen LogP contribution in [0.1, 0.15) is 33.9 Å². The molecular weight excluding hydrogens is 472 g/mol. The van der Waals surface area contributed by atoms with Crippen LogP contribution in [0.5, 0.6) is 0 Å². The fourth-order valence-corrected chi connectivity index (χ4v) is 6.44. The van der Waals surface area contributed by atoms with Crippen molar-refractivity contribution in [1.82, 2.24) is 25.2 Å². The van der Waals surface area contributed by atoms with Crippen molar-refractivity contribution in [3.63, 3.8) is 0 Å². The van der Waals surface area contributed by atoms with Crippen LogP contribution >= 0.6 is 34.4 Å². The van der Waals surface area contributed by atoms with Gasteiger partial charge in [0.05, 0.1) is 24.5 Å². The molecule has 0 radical (unpaired) electrons. The predicted molar refractivity (Wildman–Crippen MR) is 133 cm³/mol. The maximum atomic E-state index is 13.4. The number of anilines is 1. The van der Waals surface area contributed by atoms with Gasteiger partial charge in [-0.3, -0.25) is 9.69 Å². The Labute approximate surface area is 204 Å². The van der Waals surface area contributed by atoms with Gasteiger partial charge in [-0.2, -0.15) is 0 Å². The number of aryl methyl sites for hydroxylation is 4. The topological polar surface area (TPSA) is 76.8 Å². The van der Waals surface area contributed by atoms with E-state index in [2.05, 4.69) is 27.0 Å². The Hall–Kier alpha value is -2.56. The van der Waals surface area contributed by atoms with Crippen molar-refractivity contribution in [2.24, 2.45) is 0 Å². The zero-order valence-electron chi connectivity index (χ0n) is 18.1. The summed E-state index contributed by atoms with van der Waals surface area (Å²) in [4.78, 5) is 22.7. The quantitative estimate of drug-likeness (QED) is 0.314. The average Bonchev–Trinajstić information content (AvgIpc) is 3.61. The van der Waals surface area contributed by atoms with Gasteiger partial charge in [-0.05, 0) is 53.1 Å². The van der Waals surface area contributed by atoms with Gasteiger partial charge < -0.3 is 0 Å². The van der Waals surface area contributed by atoms with E-state index in [1.54, 1.807) is 27.4 Å². The monoisotopic (exact) mass is 496 g/mol. The minimum atomic E-state index is 0.0164. The van der Waals surface area contributed by atoms with E-state index >= 15 is 0 Å². The van der Waals surface area contributed by atoms with Crippen LogP contribution < -0.4 is 4.90 Å². The van der Waals surface area contributed by atoms with Crippen molar-refractivity contribution in [2.45, 2.75) is 50.4 Å². The Kier molecular flexibility index (Phi) is 7.13. The van der Waals surface area contributed by atoms with E-state index in [9.17, 15) is 4.79 Å². The van der Waals surface area contributed by atoms with Gasteiger partial charge >= 0.3 is 0 Å². The second-order valence-corrected chi connectivity index (χ2v) is 10.9. The molecule has 0 fully saturated rings. The summed E-state index contributed by atoms with van der Waals surface area (Å²) in [6.45, 7) is 1.20. The highest BCUT2D eigenvalue weighted by Crippen LogP contribution is 2.33. The van der Waals surface area contributed by atoms with Gasteiger partial charge in [0.2, 0.25) is 11.1 Å². The van der Waals surface area contributed by atoms with Crippen molar-refractivity contribution in [3.8, 4) is 0 Å². The fourth-order valence-electron chi connectivity index (χ4n) is 3.80. The van der Waals surface area contributed by atoms with E-state index in [1.807, 2.05) is 41.3 Å². The molecule has 3 aromatic heterocycles. The highest BCUT2D eigenvalue weighted by Gasteiger charge is 2.24. The molecule has 0 bridgehead atoms. The molecule has 1 aliphatic rings. The van der Waals surface area contributed by atoms with E-state index in [1.165, 1.54) is 34.4 Å². The van der Waals surface area contributed by atoms with Crippen LogP contribution in [-0.2, 0) is 37.1 Å². The van der Waals surface area contributed by atoms with E-state index in [0.717, 1.165) is 35.7 Å². The minimum Gasteiger partial charge on any atom is -0.283 e. The van der Waals surface area contributed by atoms with Crippen molar-refractivity contribution in [2.75, 3.05) is 10.7 Å². The second-order valence-electron chi connectivity index (χ2n) is 7.84. The molecule has 0 N–H and O–H groups in total. The van der Waals surface area contributed by atoms with Gasteiger partial charge in [-0.15, -0.1) is 27.8 Å². The van der Waals surface area contributed by atoms with Crippen molar-refractivity contribution in [1.29, 1.82) is 0 Å². The highest BCUT2D eigenvalue weighted by atomic mass is 32.2. The van der Waals surface area contributed by atoms with Crippen LogP contribution in [0.15, 0.2) is 53.0 Å². The molecule has 0 spiro atoms. The molecule has 33 heavy (non-hydrogen) atoms. The molecule has 170 valence electrons. The molecule has 4 aromatic rings. The Morgan fingerprint density at radius 1 is 1.12 bits per heavy atom. The Bertz CT molecular complexity index is 1160. The molecular formula is C23H24N6OS3. The number of thiazole rings is 1. The zero-order chi connectivity index (χ0) is 22.5. The Morgan fingerprint density at radius 2 is 2.00 bits per heavy atom. The first-order valence-corrected chi connectivity index (χ1v) is 13.7. The van der Waals surface area contributed by atoms with Crippen LogP contribution in [0.25, 0.3) is 0 Å². The standard InChI is InChI=1S/C23H24N6OS3/c30-21(16-32-23-25-26-27-29(23)13-12-18-9-6-14-31-18)28(15-17-7-2-1-3-8-17)22-24-19-10-4-5-11-20(19)33-22/h1-3,6-9,14H,4-5,10-13,15-16H2. The average molecular weight is 497 g/mol. The number of amides is 1. The van der Waals surface area contributed by atoms with Crippen molar-refractivity contribution < 1.29 is 4.79 Å². The molecule has 1 aliphatic carbocycles. The highest BCUT2D eigenvalue weighted by molar-refractivity contribution is 7.99. The lowest BCUT2D eigenvalue weighted by atomic mass is 10.0. The first kappa shape index (κ1) is 22.2. The molecule has 10 heteroatoms. The van der Waals surface area contributed by atoms with Gasteiger partial charge in [0.15, 0.2) is 5.13 Å². The largest absolute Gasteiger partial charge is 0.283 e. The number of hydrogen-bond acceptors (Lipinski definition) is 8. The maximum absolute atomic E-state index is 13.4. The third kappa shape index (κ3) is 5.51. The molecule has 0 saturated carbocycles. The molecule has 7 nitrogen and oxygen atoms in total. The molecule has 0 saturated heterocycles. The van der Waals surface area contributed by atoms with Crippen LogP contribution in [0.2, 0.25) is 0 Å². The van der Waals surface area contributed by atoms with Gasteiger partial charge in [0.25, 0.3) is 0 Å². The number of nitrogens with zero attached hydrogens (tertiary/aromatic N) is 6. The zero-order valence-corrected chi connectivity index (χ0v) is 20.5. The molecule has 0 aliphatic heterocycles. The number of thioether (sulfide) groups is 1. The lowest BCUT2D eigenvalue weighted by Crippen LogP contribution is -2.32. The van der Waals surface area contributed by atoms with Crippen LogP contribution in [0.4, 0.5) is 5.13 Å². The smallest absolute Gasteiger partial charge is 0.239 e. The third-order valence-electron chi connectivity index (χ3n) is 5.52. The summed E-state index contributed by atoms with van der Waals surface area (Å²) >= 11 is 4.77. The summed E-state index contributed by atoms with van der Waals surface area (Å²) in [6, 6.07) is 14.2. The molecule has 1 aromatic carbocycles. The lowest BCUT2D eigenvalue weighted by molar-refractivity contribution is -0.116. The van der Waals surface area contributed by atoms with Crippen LogP contribution in [0.3, 0.4) is 0 Å². The van der Waals surface area contributed by atoms with Crippen LogP contribution in [-0.4, -0.2) is 36.9 Å². The number of carbonyl (C=O) groups excluding carboxylic acids is 1.